The quantitative estimate of drug-likeness (QED) is 0.373. The van der Waals surface area contributed by atoms with Gasteiger partial charge in [0.15, 0.2) is 0 Å². The lowest BCUT2D eigenvalue weighted by atomic mass is 9.98. The van der Waals surface area contributed by atoms with Crippen LogP contribution in [0.15, 0.2) is 73.2 Å². The van der Waals surface area contributed by atoms with Crippen molar-refractivity contribution in [3.05, 3.63) is 89.9 Å². The molecule has 1 fully saturated rings. The molecule has 8 nitrogen and oxygen atoms in total. The third kappa shape index (κ3) is 5.15. The second-order valence-electron chi connectivity index (χ2n) is 9.27. The average Bonchev–Trinajstić information content (AvgIpc) is 3.53. The molecule has 0 unspecified atom stereocenters. The Kier molecular flexibility index (Phi) is 6.79. The van der Waals surface area contributed by atoms with Crippen molar-refractivity contribution in [2.24, 2.45) is 7.05 Å². The summed E-state index contributed by atoms with van der Waals surface area (Å²) in [5, 5.41) is 16.7. The molecular weight excluding hydrogens is 452 g/mol. The number of likely N-dealkylation sites (tertiary alicyclic amines) is 1. The Balaban J connectivity index is 1.25. The number of amides is 1. The van der Waals surface area contributed by atoms with E-state index in [0.29, 0.717) is 5.56 Å². The zero-order valence-electron chi connectivity index (χ0n) is 20.3. The first kappa shape index (κ1) is 23.7. The molecule has 4 N–H and O–H groups in total. The van der Waals surface area contributed by atoms with E-state index in [1.807, 2.05) is 31.4 Å². The van der Waals surface area contributed by atoms with E-state index in [1.54, 1.807) is 23.1 Å². The van der Waals surface area contributed by atoms with Crippen LogP contribution in [0.4, 0.5) is 5.82 Å². The monoisotopic (exact) mass is 482 g/mol. The van der Waals surface area contributed by atoms with Crippen molar-refractivity contribution in [1.82, 2.24) is 25.0 Å². The molecule has 2 aromatic heterocycles. The minimum absolute atomic E-state index is 0.0370. The van der Waals surface area contributed by atoms with E-state index in [1.165, 1.54) is 11.1 Å². The molecule has 5 rings (SSSR count). The molecular formula is C28H30N6O2. The van der Waals surface area contributed by atoms with Gasteiger partial charge in [0.1, 0.15) is 5.82 Å². The highest BCUT2D eigenvalue weighted by molar-refractivity contribution is 5.99. The van der Waals surface area contributed by atoms with Crippen molar-refractivity contribution in [3.8, 4) is 22.3 Å². The summed E-state index contributed by atoms with van der Waals surface area (Å²) in [6, 6.07) is 18.2. The molecule has 0 saturated carbocycles. The van der Waals surface area contributed by atoms with Crippen LogP contribution < -0.4 is 11.1 Å². The smallest absolute Gasteiger partial charge is 0.255 e. The van der Waals surface area contributed by atoms with Crippen LogP contribution in [0.1, 0.15) is 27.9 Å². The predicted octanol–water partition coefficient (Wildman–Crippen LogP) is 3.23. The maximum atomic E-state index is 13.1. The first-order valence-electron chi connectivity index (χ1n) is 12.1. The van der Waals surface area contributed by atoms with Crippen LogP contribution >= 0.6 is 0 Å². The SMILES string of the molecule is Cn1cc(-c2cnc(N)c(C(=O)N[C@@H]3CCN(Cc4ccccc4-c4ccc(CO)cc4)C3)c2)cn1. The number of aliphatic hydroxyl groups is 1. The van der Waals surface area contributed by atoms with Crippen LogP contribution in [0, 0.1) is 0 Å². The summed E-state index contributed by atoms with van der Waals surface area (Å²) in [6.07, 6.45) is 6.15. The Labute approximate surface area is 210 Å². The van der Waals surface area contributed by atoms with Crippen molar-refractivity contribution in [3.63, 3.8) is 0 Å². The fourth-order valence-corrected chi connectivity index (χ4v) is 4.71. The van der Waals surface area contributed by atoms with Gasteiger partial charge in [0.2, 0.25) is 0 Å². The van der Waals surface area contributed by atoms with Crippen molar-refractivity contribution < 1.29 is 9.90 Å². The summed E-state index contributed by atoms with van der Waals surface area (Å²) in [4.78, 5) is 19.7. The van der Waals surface area contributed by atoms with E-state index in [4.69, 9.17) is 5.73 Å². The second-order valence-corrected chi connectivity index (χ2v) is 9.27. The number of carbonyl (C=O) groups excluding carboxylic acids is 1. The molecule has 0 radical (unpaired) electrons. The summed E-state index contributed by atoms with van der Waals surface area (Å²) in [5.41, 5.74) is 12.6. The van der Waals surface area contributed by atoms with Crippen LogP contribution in [-0.2, 0) is 20.2 Å². The maximum absolute atomic E-state index is 13.1. The molecule has 1 aliphatic rings. The molecule has 0 spiro atoms. The first-order chi connectivity index (χ1) is 17.5. The number of carbonyl (C=O) groups is 1. The van der Waals surface area contributed by atoms with Gasteiger partial charge in [-0.15, -0.1) is 0 Å². The standard InChI is InChI=1S/C28H30N6O2/c1-33-15-23(14-31-33)22-12-26(27(29)30-13-22)28(36)32-24-10-11-34(17-24)16-21-4-2-3-5-25(21)20-8-6-19(18-35)7-9-20/h2-9,12-15,24,35H,10-11,16-18H2,1H3,(H2,29,30)(H,32,36)/t24-/m1/s1. The van der Waals surface area contributed by atoms with Gasteiger partial charge in [-0.3, -0.25) is 14.4 Å². The van der Waals surface area contributed by atoms with Crippen LogP contribution in [0.2, 0.25) is 0 Å². The first-order valence-corrected chi connectivity index (χ1v) is 12.1. The number of benzene rings is 2. The fraction of sp³-hybridized carbons (Fsp3) is 0.250. The molecule has 2 aromatic carbocycles. The molecule has 36 heavy (non-hydrogen) atoms. The summed E-state index contributed by atoms with van der Waals surface area (Å²) in [5.74, 6) is 0.0121. The number of nitrogens with two attached hydrogens (primary N) is 1. The number of nitrogen functional groups attached to an aromatic ring is 1. The summed E-state index contributed by atoms with van der Waals surface area (Å²) in [6.45, 7) is 2.49. The number of aliphatic hydroxyl groups excluding tert-OH is 1. The lowest BCUT2D eigenvalue weighted by molar-refractivity contribution is 0.0938. The lowest BCUT2D eigenvalue weighted by Crippen LogP contribution is -2.37. The third-order valence-electron chi connectivity index (χ3n) is 6.67. The average molecular weight is 483 g/mol. The molecule has 0 aliphatic carbocycles. The number of anilines is 1. The van der Waals surface area contributed by atoms with Crippen LogP contribution in [0.25, 0.3) is 22.3 Å². The molecule has 1 amide bonds. The highest BCUT2D eigenvalue weighted by Crippen LogP contribution is 2.27. The van der Waals surface area contributed by atoms with Crippen LogP contribution in [0.5, 0.6) is 0 Å². The van der Waals surface area contributed by atoms with Gasteiger partial charge in [-0.2, -0.15) is 5.10 Å². The highest BCUT2D eigenvalue weighted by Gasteiger charge is 2.26. The molecule has 1 aliphatic heterocycles. The Morgan fingerprint density at radius 1 is 1.11 bits per heavy atom. The fourth-order valence-electron chi connectivity index (χ4n) is 4.71. The minimum atomic E-state index is -0.207. The number of hydrogen-bond donors (Lipinski definition) is 3. The molecule has 3 heterocycles. The molecule has 4 aromatic rings. The number of nitrogens with one attached hydrogen (secondary N) is 1. The zero-order valence-corrected chi connectivity index (χ0v) is 20.3. The number of hydrogen-bond acceptors (Lipinski definition) is 6. The molecule has 1 atom stereocenters. The third-order valence-corrected chi connectivity index (χ3v) is 6.67. The molecule has 0 bridgehead atoms. The maximum Gasteiger partial charge on any atom is 0.255 e. The van der Waals surface area contributed by atoms with Gasteiger partial charge in [0, 0.05) is 56.2 Å². The zero-order chi connectivity index (χ0) is 25.1. The van der Waals surface area contributed by atoms with Gasteiger partial charge in [0.05, 0.1) is 18.4 Å². The summed E-state index contributed by atoms with van der Waals surface area (Å²) in [7, 11) is 1.85. The largest absolute Gasteiger partial charge is 0.392 e. The highest BCUT2D eigenvalue weighted by atomic mass is 16.3. The second kappa shape index (κ2) is 10.3. The van der Waals surface area contributed by atoms with E-state index in [2.05, 4.69) is 50.6 Å². The van der Waals surface area contributed by atoms with Crippen molar-refractivity contribution in [2.45, 2.75) is 25.6 Å². The Bertz CT molecular complexity index is 1360. The number of pyridine rings is 1. The van der Waals surface area contributed by atoms with Crippen molar-refractivity contribution >= 4 is 11.7 Å². The summed E-state index contributed by atoms with van der Waals surface area (Å²) >= 11 is 0. The van der Waals surface area contributed by atoms with Gasteiger partial charge in [-0.05, 0) is 34.7 Å². The summed E-state index contributed by atoms with van der Waals surface area (Å²) < 4.78 is 1.71. The molecule has 1 saturated heterocycles. The number of aromatic nitrogens is 3. The van der Waals surface area contributed by atoms with Gasteiger partial charge >= 0.3 is 0 Å². The Hall–Kier alpha value is -4.01. The number of nitrogens with zero attached hydrogens (tertiary/aromatic N) is 4. The van der Waals surface area contributed by atoms with E-state index in [0.717, 1.165) is 48.3 Å². The lowest BCUT2D eigenvalue weighted by Gasteiger charge is -2.19. The number of rotatable bonds is 7. The van der Waals surface area contributed by atoms with Gasteiger partial charge in [-0.1, -0.05) is 48.5 Å². The van der Waals surface area contributed by atoms with Gasteiger partial charge < -0.3 is 16.2 Å². The number of aryl methyl sites for hydroxylation is 1. The van der Waals surface area contributed by atoms with E-state index >= 15 is 0 Å². The van der Waals surface area contributed by atoms with Crippen LogP contribution in [-0.4, -0.2) is 49.8 Å². The Morgan fingerprint density at radius 2 is 1.92 bits per heavy atom. The van der Waals surface area contributed by atoms with E-state index < -0.39 is 0 Å². The minimum Gasteiger partial charge on any atom is -0.392 e. The molecule has 184 valence electrons. The Morgan fingerprint density at radius 3 is 2.67 bits per heavy atom. The van der Waals surface area contributed by atoms with Gasteiger partial charge in [-0.25, -0.2) is 4.98 Å². The van der Waals surface area contributed by atoms with Crippen molar-refractivity contribution in [2.75, 3.05) is 18.8 Å². The molecule has 8 heteroatoms. The van der Waals surface area contributed by atoms with Gasteiger partial charge in [0.25, 0.3) is 5.91 Å². The topological polar surface area (TPSA) is 109 Å². The predicted molar refractivity (Wildman–Crippen MR) is 140 cm³/mol. The van der Waals surface area contributed by atoms with Crippen LogP contribution in [0.3, 0.4) is 0 Å². The van der Waals surface area contributed by atoms with Crippen molar-refractivity contribution in [1.29, 1.82) is 0 Å². The normalized spacial score (nSPS) is 15.8. The van der Waals surface area contributed by atoms with E-state index in [-0.39, 0.29) is 24.4 Å². The van der Waals surface area contributed by atoms with E-state index in [9.17, 15) is 9.90 Å².